The lowest BCUT2D eigenvalue weighted by molar-refractivity contribution is -0.145. The van der Waals surface area contributed by atoms with Crippen LogP contribution in [0.15, 0.2) is 6.20 Å². The van der Waals surface area contributed by atoms with Gasteiger partial charge in [-0.2, -0.15) is 5.10 Å². The van der Waals surface area contributed by atoms with E-state index >= 15 is 0 Å². The summed E-state index contributed by atoms with van der Waals surface area (Å²) >= 11 is 0. The Kier molecular flexibility index (Phi) is 4.69. The first-order valence-electron chi connectivity index (χ1n) is 5.77. The molecule has 0 fully saturated rings. The normalized spacial score (nSPS) is 14.4. The standard InChI is InChI=1S/C12H20N2O3/c1-5-10-9(7-14(3)13-10)11(15)6-8(2)12(16)17-4/h7-8,11,15H,5-6H2,1-4H3. The van der Waals surface area contributed by atoms with Gasteiger partial charge in [0.2, 0.25) is 0 Å². The van der Waals surface area contributed by atoms with E-state index in [1.165, 1.54) is 7.11 Å². The van der Waals surface area contributed by atoms with Gasteiger partial charge in [-0.3, -0.25) is 9.48 Å². The first-order chi connectivity index (χ1) is 7.99. The Bertz CT molecular complexity index is 387. The van der Waals surface area contributed by atoms with E-state index in [0.29, 0.717) is 6.42 Å². The van der Waals surface area contributed by atoms with Gasteiger partial charge in [-0.15, -0.1) is 0 Å². The van der Waals surface area contributed by atoms with Gasteiger partial charge in [0.1, 0.15) is 0 Å². The van der Waals surface area contributed by atoms with E-state index in [9.17, 15) is 9.90 Å². The van der Waals surface area contributed by atoms with Gasteiger partial charge in [-0.25, -0.2) is 0 Å². The van der Waals surface area contributed by atoms with Gasteiger partial charge in [0.15, 0.2) is 0 Å². The van der Waals surface area contributed by atoms with Crippen LogP contribution in [0.1, 0.15) is 37.6 Å². The van der Waals surface area contributed by atoms with E-state index < -0.39 is 6.10 Å². The fraction of sp³-hybridized carbons (Fsp3) is 0.667. The SMILES string of the molecule is CCc1nn(C)cc1C(O)CC(C)C(=O)OC. The number of ether oxygens (including phenoxy) is 1. The van der Waals surface area contributed by atoms with Crippen LogP contribution < -0.4 is 0 Å². The quantitative estimate of drug-likeness (QED) is 0.786. The van der Waals surface area contributed by atoms with Crippen molar-refractivity contribution in [1.29, 1.82) is 0 Å². The van der Waals surface area contributed by atoms with Crippen molar-refractivity contribution in [3.8, 4) is 0 Å². The van der Waals surface area contributed by atoms with Crippen LogP contribution in [0.25, 0.3) is 0 Å². The molecule has 0 radical (unpaired) electrons. The molecule has 0 spiro atoms. The summed E-state index contributed by atoms with van der Waals surface area (Å²) in [5, 5.41) is 14.4. The highest BCUT2D eigenvalue weighted by molar-refractivity contribution is 5.71. The minimum absolute atomic E-state index is 0.300. The van der Waals surface area contributed by atoms with Crippen molar-refractivity contribution in [1.82, 2.24) is 9.78 Å². The maximum atomic E-state index is 11.3. The largest absolute Gasteiger partial charge is 0.469 e. The smallest absolute Gasteiger partial charge is 0.308 e. The number of rotatable bonds is 5. The monoisotopic (exact) mass is 240 g/mol. The summed E-state index contributed by atoms with van der Waals surface area (Å²) in [5.41, 5.74) is 1.67. The van der Waals surface area contributed by atoms with E-state index in [1.54, 1.807) is 17.8 Å². The molecule has 1 rings (SSSR count). The molecule has 1 heterocycles. The maximum absolute atomic E-state index is 11.3. The Morgan fingerprint density at radius 3 is 2.82 bits per heavy atom. The third-order valence-electron chi connectivity index (χ3n) is 2.81. The number of methoxy groups -OCH3 is 1. The number of aryl methyl sites for hydroxylation is 2. The van der Waals surface area contributed by atoms with Crippen LogP contribution in [0.5, 0.6) is 0 Å². The van der Waals surface area contributed by atoms with Crippen molar-refractivity contribution in [2.75, 3.05) is 7.11 Å². The van der Waals surface area contributed by atoms with Crippen molar-refractivity contribution in [3.05, 3.63) is 17.5 Å². The summed E-state index contributed by atoms with van der Waals surface area (Å²) in [5.74, 6) is -0.620. The zero-order valence-electron chi connectivity index (χ0n) is 10.8. The molecule has 0 bridgehead atoms. The molecule has 0 aliphatic heterocycles. The van der Waals surface area contributed by atoms with Crippen molar-refractivity contribution >= 4 is 5.97 Å². The number of nitrogens with zero attached hydrogens (tertiary/aromatic N) is 2. The van der Waals surface area contributed by atoms with Gasteiger partial charge in [0, 0.05) is 18.8 Å². The highest BCUT2D eigenvalue weighted by Gasteiger charge is 2.22. The lowest BCUT2D eigenvalue weighted by Crippen LogP contribution is -2.16. The maximum Gasteiger partial charge on any atom is 0.308 e. The second-order valence-corrected chi connectivity index (χ2v) is 4.23. The van der Waals surface area contributed by atoms with E-state index in [0.717, 1.165) is 17.7 Å². The number of hydrogen-bond acceptors (Lipinski definition) is 4. The minimum Gasteiger partial charge on any atom is -0.469 e. The molecule has 0 aliphatic carbocycles. The fourth-order valence-corrected chi connectivity index (χ4v) is 1.87. The van der Waals surface area contributed by atoms with E-state index in [4.69, 9.17) is 0 Å². The predicted molar refractivity (Wildman–Crippen MR) is 63.3 cm³/mol. The first kappa shape index (κ1) is 13.7. The molecule has 0 aromatic carbocycles. The average molecular weight is 240 g/mol. The van der Waals surface area contributed by atoms with Crippen molar-refractivity contribution in [3.63, 3.8) is 0 Å². The number of hydrogen-bond donors (Lipinski definition) is 1. The minimum atomic E-state index is -0.673. The third-order valence-corrected chi connectivity index (χ3v) is 2.81. The molecule has 1 aromatic rings. The molecule has 0 aliphatic rings. The van der Waals surface area contributed by atoms with Gasteiger partial charge >= 0.3 is 5.97 Å². The Labute approximate surface area is 101 Å². The van der Waals surface area contributed by atoms with Crippen molar-refractivity contribution in [2.45, 2.75) is 32.8 Å². The molecule has 0 saturated carbocycles. The molecule has 0 saturated heterocycles. The van der Waals surface area contributed by atoms with E-state index in [-0.39, 0.29) is 11.9 Å². The summed E-state index contributed by atoms with van der Waals surface area (Å²) in [6.45, 7) is 3.74. The molecular formula is C12H20N2O3. The van der Waals surface area contributed by atoms with Gasteiger partial charge in [-0.1, -0.05) is 13.8 Å². The van der Waals surface area contributed by atoms with Gasteiger partial charge < -0.3 is 9.84 Å². The molecule has 1 N–H and O–H groups in total. The molecule has 2 atom stereocenters. The zero-order valence-corrected chi connectivity index (χ0v) is 10.8. The predicted octanol–water partition coefficient (Wildman–Crippen LogP) is 1.22. The number of carbonyl (C=O) groups is 1. The Hall–Kier alpha value is -1.36. The second kappa shape index (κ2) is 5.82. The lowest BCUT2D eigenvalue weighted by atomic mass is 9.98. The highest BCUT2D eigenvalue weighted by Crippen LogP contribution is 2.24. The molecule has 0 amide bonds. The van der Waals surface area contributed by atoms with Gasteiger partial charge in [0.25, 0.3) is 0 Å². The van der Waals surface area contributed by atoms with Crippen LogP contribution in [0.3, 0.4) is 0 Å². The molecule has 5 nitrogen and oxygen atoms in total. The molecule has 96 valence electrons. The summed E-state index contributed by atoms with van der Waals surface area (Å²) in [6, 6.07) is 0. The van der Waals surface area contributed by atoms with Crippen LogP contribution in [-0.4, -0.2) is 28.0 Å². The Balaban J connectivity index is 2.75. The number of aliphatic hydroxyl groups excluding tert-OH is 1. The van der Waals surface area contributed by atoms with Crippen LogP contribution in [0, 0.1) is 5.92 Å². The van der Waals surface area contributed by atoms with Crippen LogP contribution >= 0.6 is 0 Å². The molecule has 17 heavy (non-hydrogen) atoms. The average Bonchev–Trinajstić information content (AvgIpc) is 2.69. The number of aliphatic hydroxyl groups is 1. The fourth-order valence-electron chi connectivity index (χ4n) is 1.87. The summed E-state index contributed by atoms with van der Waals surface area (Å²) < 4.78 is 6.32. The number of esters is 1. The topological polar surface area (TPSA) is 64.3 Å². The highest BCUT2D eigenvalue weighted by atomic mass is 16.5. The summed E-state index contributed by atoms with van der Waals surface area (Å²) in [7, 11) is 3.17. The van der Waals surface area contributed by atoms with Crippen molar-refractivity contribution < 1.29 is 14.6 Å². The first-order valence-corrected chi connectivity index (χ1v) is 5.77. The molecule has 2 unspecified atom stereocenters. The van der Waals surface area contributed by atoms with Gasteiger partial charge in [-0.05, 0) is 12.8 Å². The molecular weight excluding hydrogens is 220 g/mol. The Morgan fingerprint density at radius 1 is 1.65 bits per heavy atom. The van der Waals surface area contributed by atoms with Crippen molar-refractivity contribution in [2.24, 2.45) is 13.0 Å². The van der Waals surface area contributed by atoms with Crippen LogP contribution in [0.2, 0.25) is 0 Å². The summed E-state index contributed by atoms with van der Waals surface area (Å²) in [6.07, 6.45) is 2.24. The zero-order chi connectivity index (χ0) is 13.0. The van der Waals surface area contributed by atoms with Crippen LogP contribution in [-0.2, 0) is 23.0 Å². The number of aromatic nitrogens is 2. The lowest BCUT2D eigenvalue weighted by Gasteiger charge is -2.14. The van der Waals surface area contributed by atoms with Crippen LogP contribution in [0.4, 0.5) is 0 Å². The van der Waals surface area contributed by atoms with E-state index in [1.807, 2.05) is 14.0 Å². The van der Waals surface area contributed by atoms with E-state index in [2.05, 4.69) is 9.84 Å². The number of carbonyl (C=O) groups excluding carboxylic acids is 1. The third kappa shape index (κ3) is 3.30. The second-order valence-electron chi connectivity index (χ2n) is 4.23. The molecule has 5 heteroatoms. The molecule has 1 aromatic heterocycles. The Morgan fingerprint density at radius 2 is 2.29 bits per heavy atom. The summed E-state index contributed by atoms with van der Waals surface area (Å²) in [4.78, 5) is 11.3. The van der Waals surface area contributed by atoms with Gasteiger partial charge in [0.05, 0.1) is 24.8 Å².